The monoisotopic (exact) mass is 744 g/mol. The largest absolute Gasteiger partial charge is 0.144 e. The van der Waals surface area contributed by atoms with Crippen LogP contribution in [0.15, 0.2) is 167 Å². The van der Waals surface area contributed by atoms with Gasteiger partial charge >= 0.3 is 0 Å². The van der Waals surface area contributed by atoms with Gasteiger partial charge < -0.3 is 0 Å². The molecule has 53 heavy (non-hydrogen) atoms. The molecule has 0 spiro atoms. The summed E-state index contributed by atoms with van der Waals surface area (Å²) in [6.45, 7) is 0. The van der Waals surface area contributed by atoms with E-state index in [4.69, 9.17) is 0 Å². The second-order valence-corrected chi connectivity index (χ2v) is 17.9. The van der Waals surface area contributed by atoms with E-state index < -0.39 is 5.41 Å². The summed E-state index contributed by atoms with van der Waals surface area (Å²) in [6, 6.07) is 56.5. The van der Waals surface area contributed by atoms with Crippen molar-refractivity contribution in [2.75, 3.05) is 0 Å². The SMILES string of the molecule is c1cc2c(ccc3ccc(C(c4ccc5ccc6sccc6c5c4)(c4ccc5ccc6sccc6c5c4)c4ccc5ccc6sccc6c5c4)cc32)s1. The van der Waals surface area contributed by atoms with Crippen molar-refractivity contribution in [2.45, 2.75) is 5.41 Å². The van der Waals surface area contributed by atoms with Gasteiger partial charge in [-0.25, -0.2) is 0 Å². The molecule has 0 fully saturated rings. The Balaban J connectivity index is 1.29. The Kier molecular flexibility index (Phi) is 6.44. The second kappa shape index (κ2) is 11.3. The first-order valence-electron chi connectivity index (χ1n) is 17.8. The van der Waals surface area contributed by atoms with Crippen molar-refractivity contribution in [3.63, 3.8) is 0 Å². The minimum Gasteiger partial charge on any atom is -0.144 e. The zero-order chi connectivity index (χ0) is 34.7. The average molecular weight is 745 g/mol. The summed E-state index contributed by atoms with van der Waals surface area (Å²) in [5.41, 5.74) is 4.45. The van der Waals surface area contributed by atoms with Crippen LogP contribution in [0.1, 0.15) is 22.3 Å². The van der Waals surface area contributed by atoms with E-state index in [-0.39, 0.29) is 0 Å². The third-order valence-electron chi connectivity index (χ3n) is 11.5. The predicted molar refractivity (Wildman–Crippen MR) is 236 cm³/mol. The molecule has 0 saturated heterocycles. The highest BCUT2D eigenvalue weighted by Crippen LogP contribution is 2.50. The molecule has 0 amide bonds. The lowest BCUT2D eigenvalue weighted by molar-refractivity contribution is 0.751. The molecule has 0 N–H and O–H groups in total. The third kappa shape index (κ3) is 4.32. The van der Waals surface area contributed by atoms with Crippen LogP contribution in [0.25, 0.3) is 83.4 Å². The fraction of sp³-hybridized carbons (Fsp3) is 0.0204. The number of hydrogen-bond donors (Lipinski definition) is 0. The summed E-state index contributed by atoms with van der Waals surface area (Å²) in [4.78, 5) is 0. The van der Waals surface area contributed by atoms with E-state index in [1.165, 1.54) is 106 Å². The van der Waals surface area contributed by atoms with Crippen LogP contribution in [0.5, 0.6) is 0 Å². The van der Waals surface area contributed by atoms with E-state index in [1.807, 2.05) is 45.3 Å². The molecule has 8 aromatic carbocycles. The lowest BCUT2D eigenvalue weighted by Gasteiger charge is -2.38. The Morgan fingerprint density at radius 3 is 0.755 bits per heavy atom. The number of benzene rings is 8. The van der Waals surface area contributed by atoms with Gasteiger partial charge in [0.1, 0.15) is 0 Å². The molecule has 0 aliphatic carbocycles. The van der Waals surface area contributed by atoms with Gasteiger partial charge in [0.15, 0.2) is 0 Å². The highest BCUT2D eigenvalue weighted by atomic mass is 32.1. The van der Waals surface area contributed by atoms with Gasteiger partial charge in [-0.05, 0) is 160 Å². The summed E-state index contributed by atoms with van der Waals surface area (Å²) in [6.07, 6.45) is 0. The Morgan fingerprint density at radius 2 is 0.491 bits per heavy atom. The normalized spacial score (nSPS) is 12.5. The number of fused-ring (bicyclic) bond motifs is 12. The summed E-state index contributed by atoms with van der Waals surface area (Å²) in [5, 5.41) is 24.4. The summed E-state index contributed by atoms with van der Waals surface area (Å²) in [5.74, 6) is 0. The lowest BCUT2D eigenvalue weighted by Crippen LogP contribution is -2.31. The summed E-state index contributed by atoms with van der Waals surface area (Å²) in [7, 11) is 0. The topological polar surface area (TPSA) is 0 Å². The molecule has 0 saturated carbocycles. The van der Waals surface area contributed by atoms with Gasteiger partial charge in [0.25, 0.3) is 0 Å². The fourth-order valence-electron chi connectivity index (χ4n) is 9.02. The van der Waals surface area contributed by atoms with Crippen molar-refractivity contribution in [3.05, 3.63) is 189 Å². The van der Waals surface area contributed by atoms with Crippen molar-refractivity contribution >= 4 is 129 Å². The van der Waals surface area contributed by atoms with E-state index in [0.717, 1.165) is 0 Å². The zero-order valence-corrected chi connectivity index (χ0v) is 31.6. The molecule has 12 aromatic rings. The Labute approximate surface area is 321 Å². The van der Waals surface area contributed by atoms with Gasteiger partial charge in [-0.2, -0.15) is 0 Å². The molecule has 0 atom stereocenters. The first kappa shape index (κ1) is 30.1. The molecule has 4 aromatic heterocycles. The molecule has 0 radical (unpaired) electrons. The highest BCUT2D eigenvalue weighted by molar-refractivity contribution is 7.18. The van der Waals surface area contributed by atoms with E-state index in [0.29, 0.717) is 0 Å². The van der Waals surface area contributed by atoms with Gasteiger partial charge in [-0.15, -0.1) is 45.3 Å². The van der Waals surface area contributed by atoms with Gasteiger partial charge in [-0.3, -0.25) is 0 Å². The van der Waals surface area contributed by atoms with Gasteiger partial charge in [0.2, 0.25) is 0 Å². The molecule has 0 aliphatic rings. The molecule has 0 nitrogen and oxygen atoms in total. The highest BCUT2D eigenvalue weighted by Gasteiger charge is 2.39. The van der Waals surface area contributed by atoms with Crippen molar-refractivity contribution in [3.8, 4) is 0 Å². The van der Waals surface area contributed by atoms with Gasteiger partial charge in [0.05, 0.1) is 5.41 Å². The molecule has 0 aliphatic heterocycles. The first-order valence-corrected chi connectivity index (χ1v) is 21.4. The molecular weight excluding hydrogens is 717 g/mol. The minimum absolute atomic E-state index is 0.641. The Hall–Kier alpha value is -5.36. The van der Waals surface area contributed by atoms with E-state index in [9.17, 15) is 0 Å². The molecule has 4 heterocycles. The second-order valence-electron chi connectivity index (χ2n) is 14.1. The van der Waals surface area contributed by atoms with Crippen molar-refractivity contribution in [1.82, 2.24) is 0 Å². The maximum Gasteiger partial charge on any atom is 0.0702 e. The van der Waals surface area contributed by atoms with Crippen LogP contribution >= 0.6 is 45.3 Å². The Morgan fingerprint density at radius 1 is 0.245 bits per heavy atom. The Bertz CT molecular complexity index is 2960. The van der Waals surface area contributed by atoms with Gasteiger partial charge in [-0.1, -0.05) is 72.8 Å². The van der Waals surface area contributed by atoms with Crippen LogP contribution in [-0.2, 0) is 5.41 Å². The van der Waals surface area contributed by atoms with E-state index in [2.05, 4.69) is 167 Å². The average Bonchev–Trinajstić information content (AvgIpc) is 4.05. The van der Waals surface area contributed by atoms with Crippen LogP contribution in [0.3, 0.4) is 0 Å². The van der Waals surface area contributed by atoms with Crippen molar-refractivity contribution < 1.29 is 0 Å². The van der Waals surface area contributed by atoms with Crippen molar-refractivity contribution in [1.29, 1.82) is 0 Å². The van der Waals surface area contributed by atoms with Crippen LogP contribution < -0.4 is 0 Å². The van der Waals surface area contributed by atoms with Crippen LogP contribution in [0.2, 0.25) is 0 Å². The first-order chi connectivity index (χ1) is 26.2. The number of thiophene rings is 4. The quantitative estimate of drug-likeness (QED) is 0.157. The molecule has 12 rings (SSSR count). The van der Waals surface area contributed by atoms with Crippen LogP contribution in [0, 0.1) is 0 Å². The minimum atomic E-state index is -0.641. The predicted octanol–water partition coefficient (Wildman–Crippen LogP) is 15.5. The smallest absolute Gasteiger partial charge is 0.0702 e. The number of rotatable bonds is 4. The molecule has 0 bridgehead atoms. The third-order valence-corrected chi connectivity index (χ3v) is 15.1. The molecular formula is C49H28S4. The molecule has 4 heteroatoms. The lowest BCUT2D eigenvalue weighted by atomic mass is 9.64. The van der Waals surface area contributed by atoms with E-state index in [1.54, 1.807) is 0 Å². The maximum atomic E-state index is 2.50. The van der Waals surface area contributed by atoms with Crippen LogP contribution in [-0.4, -0.2) is 0 Å². The van der Waals surface area contributed by atoms with E-state index >= 15 is 0 Å². The molecule has 248 valence electrons. The summed E-state index contributed by atoms with van der Waals surface area (Å²) < 4.78 is 5.28. The van der Waals surface area contributed by atoms with Crippen LogP contribution in [0.4, 0.5) is 0 Å². The fourth-order valence-corrected chi connectivity index (χ4v) is 12.2. The maximum absolute atomic E-state index is 2.50. The summed E-state index contributed by atoms with van der Waals surface area (Å²) >= 11 is 7.27. The van der Waals surface area contributed by atoms with Gasteiger partial charge in [0, 0.05) is 40.3 Å². The molecule has 0 unspecified atom stereocenters. The van der Waals surface area contributed by atoms with Crippen molar-refractivity contribution in [2.24, 2.45) is 0 Å². The standard InChI is InChI=1S/C49H28S4/c1-9-33(25-41-29(1)5-13-45-37(41)17-21-50-45)49(34-10-2-30-6-14-46-38(18-22-51-46)42(30)26-34,35-11-3-31-7-15-47-39(19-23-52-47)43(31)27-35)36-12-4-32-8-16-48-40(20-24-53-48)44(32)28-36/h1-28H. The number of hydrogen-bond acceptors (Lipinski definition) is 4. The zero-order valence-electron chi connectivity index (χ0n) is 28.3.